The molecule has 5 atom stereocenters. The van der Waals surface area contributed by atoms with Crippen LogP contribution in [0.25, 0.3) is 0 Å². The number of hydrogen-bond acceptors (Lipinski definition) is 9. The van der Waals surface area contributed by atoms with E-state index in [1.54, 1.807) is 14.0 Å². The summed E-state index contributed by atoms with van der Waals surface area (Å²) in [6.45, 7) is 2.69. The third kappa shape index (κ3) is 7.30. The summed E-state index contributed by atoms with van der Waals surface area (Å²) in [4.78, 5) is 0. The van der Waals surface area contributed by atoms with E-state index in [0.717, 1.165) is 0 Å². The molecule has 0 aromatic carbocycles. The van der Waals surface area contributed by atoms with Crippen molar-refractivity contribution in [3.05, 3.63) is 15.6 Å². The summed E-state index contributed by atoms with van der Waals surface area (Å²) in [5.74, 6) is 0.242. The second-order valence-corrected chi connectivity index (χ2v) is 17.1. The maximum atomic E-state index is 11.5. The number of likely N-dealkylation sites (tertiary alicyclic amines) is 1. The first-order chi connectivity index (χ1) is 14.2. The van der Waals surface area contributed by atoms with Crippen LogP contribution < -0.4 is 0 Å². The molecule has 4 aliphatic heterocycles. The molecule has 0 aromatic heterocycles. The van der Waals surface area contributed by atoms with Gasteiger partial charge in [0.05, 0.1) is 65.4 Å². The van der Waals surface area contributed by atoms with Crippen molar-refractivity contribution in [1.82, 2.24) is 0 Å². The zero-order valence-electron chi connectivity index (χ0n) is 19.0. The smallest absolute Gasteiger partial charge is 0.164 e. The molecule has 2 bridgehead atoms. The van der Waals surface area contributed by atoms with Crippen LogP contribution >= 0.6 is 0 Å². The molecule has 4 aliphatic rings. The number of quaternary nitrogens is 3. The first-order valence-corrected chi connectivity index (χ1v) is 15.7. The lowest BCUT2D eigenvalue weighted by atomic mass is 10.2. The highest BCUT2D eigenvalue weighted by atomic mass is 32.2. The summed E-state index contributed by atoms with van der Waals surface area (Å²) in [5.41, 5.74) is 0. The molecule has 12 nitrogen and oxygen atoms in total. The van der Waals surface area contributed by atoms with Gasteiger partial charge >= 0.3 is 0 Å². The minimum Gasteiger partial charge on any atom is -0.633 e. The zero-order valence-corrected chi connectivity index (χ0v) is 21.5. The van der Waals surface area contributed by atoms with E-state index < -0.39 is 44.1 Å². The Labute approximate surface area is 191 Å². The van der Waals surface area contributed by atoms with E-state index in [9.17, 15) is 40.9 Å². The molecule has 0 amide bonds. The number of rotatable bonds is 0. The van der Waals surface area contributed by atoms with E-state index in [1.807, 2.05) is 0 Å². The normalized spacial score (nSPS) is 42.7. The summed E-state index contributed by atoms with van der Waals surface area (Å²) in [7, 11) is -4.10. The van der Waals surface area contributed by atoms with Crippen LogP contribution in [0.4, 0.5) is 0 Å². The molecule has 4 heterocycles. The first kappa shape index (κ1) is 27.9. The second-order valence-electron chi connectivity index (χ2n) is 9.97. The quantitative estimate of drug-likeness (QED) is 0.275. The summed E-state index contributed by atoms with van der Waals surface area (Å²) >= 11 is 0. The summed E-state index contributed by atoms with van der Waals surface area (Å²) in [6.07, 6.45) is 0.586. The molecule has 0 aromatic rings. The van der Waals surface area contributed by atoms with Gasteiger partial charge < -0.3 is 29.6 Å². The van der Waals surface area contributed by atoms with Crippen LogP contribution in [0.15, 0.2) is 0 Å². The molecule has 0 saturated carbocycles. The van der Waals surface area contributed by atoms with Gasteiger partial charge in [-0.1, -0.05) is 0 Å². The lowest BCUT2D eigenvalue weighted by Crippen LogP contribution is -2.53. The van der Waals surface area contributed by atoms with Crippen molar-refractivity contribution < 1.29 is 39.2 Å². The number of nitrogens with zero attached hydrogens (tertiary/aromatic N) is 3. The predicted molar refractivity (Wildman–Crippen MR) is 121 cm³/mol. The molecule has 4 saturated heterocycles. The van der Waals surface area contributed by atoms with Crippen LogP contribution in [0.3, 0.4) is 0 Å². The molecule has 0 N–H and O–H groups in total. The minimum absolute atomic E-state index is 0.0359. The fourth-order valence-corrected chi connectivity index (χ4v) is 9.61. The van der Waals surface area contributed by atoms with Gasteiger partial charge in [-0.3, -0.25) is 0 Å². The van der Waals surface area contributed by atoms with E-state index >= 15 is 0 Å². The van der Waals surface area contributed by atoms with Crippen molar-refractivity contribution in [3.63, 3.8) is 0 Å². The van der Waals surface area contributed by atoms with Crippen LogP contribution in [0, 0.1) is 15.6 Å². The molecule has 0 aliphatic carbocycles. The van der Waals surface area contributed by atoms with Gasteiger partial charge in [-0.2, -0.15) is 0 Å². The van der Waals surface area contributed by atoms with Gasteiger partial charge in [0.25, 0.3) is 0 Å². The summed E-state index contributed by atoms with van der Waals surface area (Å²) < 4.78 is 65.0. The van der Waals surface area contributed by atoms with Gasteiger partial charge in [0, 0.05) is 6.42 Å². The van der Waals surface area contributed by atoms with Crippen molar-refractivity contribution in [2.75, 3.05) is 76.9 Å². The topological polar surface area (TPSA) is 172 Å². The van der Waals surface area contributed by atoms with E-state index in [0.29, 0.717) is 6.42 Å². The third-order valence-corrected chi connectivity index (χ3v) is 12.6. The Morgan fingerprint density at radius 3 is 1.53 bits per heavy atom. The Hall–Kier alpha value is -0.390. The van der Waals surface area contributed by atoms with E-state index in [1.165, 1.54) is 14.1 Å². The number of hydroxylamine groups is 9. The summed E-state index contributed by atoms with van der Waals surface area (Å²) in [5, 5.41) is 33.0. The minimum atomic E-state index is -2.95. The second kappa shape index (κ2) is 9.00. The monoisotopic (exact) mass is 521 g/mol. The van der Waals surface area contributed by atoms with Crippen LogP contribution in [0.5, 0.6) is 0 Å². The number of fused-ring (bicyclic) bond motifs is 2. The van der Waals surface area contributed by atoms with Crippen molar-refractivity contribution in [2.24, 2.45) is 0 Å². The lowest BCUT2D eigenvalue weighted by molar-refractivity contribution is -0.870. The van der Waals surface area contributed by atoms with Gasteiger partial charge in [-0.15, -0.1) is 0 Å². The van der Waals surface area contributed by atoms with Gasteiger partial charge in [-0.05, 0) is 6.92 Å². The van der Waals surface area contributed by atoms with Gasteiger partial charge in [0.2, 0.25) is 0 Å². The van der Waals surface area contributed by atoms with Crippen LogP contribution in [-0.4, -0.2) is 133 Å². The predicted octanol–water partition coefficient (Wildman–Crippen LogP) is -1.39. The third-order valence-electron chi connectivity index (χ3n) is 6.66. The van der Waals surface area contributed by atoms with Crippen molar-refractivity contribution in [3.8, 4) is 0 Å². The molecule has 0 radical (unpaired) electrons. The van der Waals surface area contributed by atoms with Gasteiger partial charge in [0.1, 0.15) is 28.0 Å². The van der Waals surface area contributed by atoms with Crippen LogP contribution in [0.1, 0.15) is 13.3 Å². The number of hydrogen-bond donors (Lipinski definition) is 0. The van der Waals surface area contributed by atoms with Crippen LogP contribution in [-0.2, 0) is 29.5 Å². The number of sulfone groups is 3. The molecule has 15 heteroatoms. The highest BCUT2D eigenvalue weighted by Crippen LogP contribution is 2.36. The Bertz CT molecular complexity index is 977. The molecular weight excluding hydrogens is 486 g/mol. The van der Waals surface area contributed by atoms with Gasteiger partial charge in [0.15, 0.2) is 29.5 Å². The SMILES string of the molecule is CC1C[N+](C)([O-])CCS1(=O)=O.C[N+]1([O-])CC2CC1CS2(=O)=O.C[N+]1([O-])CCS(=O)(=O)CC1. The highest BCUT2D eigenvalue weighted by molar-refractivity contribution is 7.92. The van der Waals surface area contributed by atoms with E-state index in [4.69, 9.17) is 0 Å². The highest BCUT2D eigenvalue weighted by Gasteiger charge is 2.53. The standard InChI is InChI=1S/C6H11NO3S.C6H13NO3S.C5H11NO3S/c1-7(8)3-6-2-5(7)4-11(6,9)10;1-6-5-7(2,8)3-4-11(6,9)10;1-6(7)2-4-10(8,9)5-3-6/h5-6H,2-4H2,1H3;6H,3-5H2,1-2H3;2-5H2,1H3. The average molecular weight is 522 g/mol. The maximum absolute atomic E-state index is 11.5. The Morgan fingerprint density at radius 1 is 0.719 bits per heavy atom. The van der Waals surface area contributed by atoms with Crippen molar-refractivity contribution >= 4 is 29.5 Å². The van der Waals surface area contributed by atoms with E-state index in [-0.39, 0.29) is 71.7 Å². The van der Waals surface area contributed by atoms with Crippen molar-refractivity contribution in [2.45, 2.75) is 29.9 Å². The molecule has 4 fully saturated rings. The molecule has 0 spiro atoms. The first-order valence-electron chi connectivity index (χ1n) is 10.5. The fourth-order valence-electron chi connectivity index (χ4n) is 4.19. The molecule has 32 heavy (non-hydrogen) atoms. The Morgan fingerprint density at radius 2 is 1.22 bits per heavy atom. The largest absolute Gasteiger partial charge is 0.633 e. The molecule has 4 rings (SSSR count). The average Bonchev–Trinajstić information content (AvgIpc) is 3.07. The molecule has 190 valence electrons. The fraction of sp³-hybridized carbons (Fsp3) is 1.00. The zero-order chi connectivity index (χ0) is 24.8. The van der Waals surface area contributed by atoms with Crippen LogP contribution in [0.2, 0.25) is 0 Å². The van der Waals surface area contributed by atoms with E-state index in [2.05, 4.69) is 0 Å². The van der Waals surface area contributed by atoms with Crippen molar-refractivity contribution in [1.29, 1.82) is 0 Å². The Kier molecular flexibility index (Phi) is 7.83. The molecule has 5 unspecified atom stereocenters. The van der Waals surface area contributed by atoms with Gasteiger partial charge in [-0.25, -0.2) is 25.3 Å². The Balaban J connectivity index is 0.000000170. The lowest BCUT2D eigenvalue weighted by Gasteiger charge is -2.43. The molecular formula is C17H35N3O9S3. The maximum Gasteiger partial charge on any atom is 0.164 e. The summed E-state index contributed by atoms with van der Waals surface area (Å²) in [6, 6.07) is -0.176.